The SMILES string of the molecule is CCOC(=O)CCN(CC(C)O)C(=O)c1ccccc1. The highest BCUT2D eigenvalue weighted by Crippen LogP contribution is 2.07. The molecule has 110 valence electrons. The monoisotopic (exact) mass is 279 g/mol. The van der Waals surface area contributed by atoms with E-state index >= 15 is 0 Å². The van der Waals surface area contributed by atoms with E-state index in [0.717, 1.165) is 0 Å². The number of rotatable bonds is 7. The molecule has 1 rings (SSSR count). The van der Waals surface area contributed by atoms with Crippen LogP contribution >= 0.6 is 0 Å². The van der Waals surface area contributed by atoms with E-state index in [4.69, 9.17) is 4.74 Å². The Morgan fingerprint density at radius 3 is 2.50 bits per heavy atom. The standard InChI is InChI=1S/C15H21NO4/c1-3-20-14(18)9-10-16(11-12(2)17)15(19)13-7-5-4-6-8-13/h4-8,12,17H,3,9-11H2,1-2H3. The third kappa shape index (κ3) is 5.40. The molecule has 0 aliphatic heterocycles. The Balaban J connectivity index is 2.69. The number of carbonyl (C=O) groups excluding carboxylic acids is 2. The Morgan fingerprint density at radius 2 is 1.95 bits per heavy atom. The van der Waals surface area contributed by atoms with Crippen LogP contribution in [-0.4, -0.2) is 47.7 Å². The molecular formula is C15H21NO4. The van der Waals surface area contributed by atoms with E-state index < -0.39 is 6.10 Å². The molecule has 20 heavy (non-hydrogen) atoms. The van der Waals surface area contributed by atoms with Gasteiger partial charge in [-0.25, -0.2) is 0 Å². The van der Waals surface area contributed by atoms with Gasteiger partial charge in [-0.15, -0.1) is 0 Å². The molecule has 0 bridgehead atoms. The lowest BCUT2D eigenvalue weighted by Crippen LogP contribution is -2.38. The quantitative estimate of drug-likeness (QED) is 0.767. The van der Waals surface area contributed by atoms with Crippen molar-refractivity contribution < 1.29 is 19.4 Å². The Labute approximate surface area is 119 Å². The molecule has 0 saturated heterocycles. The Kier molecular flexibility index (Phi) is 6.73. The number of hydrogen-bond donors (Lipinski definition) is 1. The fourth-order valence-corrected chi connectivity index (χ4v) is 1.82. The molecule has 5 nitrogen and oxygen atoms in total. The molecule has 0 aliphatic rings. The van der Waals surface area contributed by atoms with Gasteiger partial charge in [-0.3, -0.25) is 9.59 Å². The van der Waals surface area contributed by atoms with Crippen molar-refractivity contribution in [3.63, 3.8) is 0 Å². The maximum absolute atomic E-state index is 12.3. The van der Waals surface area contributed by atoms with Gasteiger partial charge in [-0.1, -0.05) is 18.2 Å². The molecular weight excluding hydrogens is 258 g/mol. The van der Waals surface area contributed by atoms with Crippen molar-refractivity contribution in [1.29, 1.82) is 0 Å². The summed E-state index contributed by atoms with van der Waals surface area (Å²) in [5.74, 6) is -0.542. The van der Waals surface area contributed by atoms with Crippen LogP contribution in [0.2, 0.25) is 0 Å². The highest BCUT2D eigenvalue weighted by atomic mass is 16.5. The minimum atomic E-state index is -0.648. The molecule has 5 heteroatoms. The minimum absolute atomic E-state index is 0.124. The molecule has 1 unspecified atom stereocenters. The number of nitrogens with zero attached hydrogens (tertiary/aromatic N) is 1. The topological polar surface area (TPSA) is 66.8 Å². The summed E-state index contributed by atoms with van der Waals surface area (Å²) < 4.78 is 4.84. The smallest absolute Gasteiger partial charge is 0.307 e. The first-order valence-corrected chi connectivity index (χ1v) is 6.72. The van der Waals surface area contributed by atoms with Crippen LogP contribution in [-0.2, 0) is 9.53 Å². The van der Waals surface area contributed by atoms with E-state index in [-0.39, 0.29) is 31.4 Å². The zero-order valence-electron chi connectivity index (χ0n) is 11.9. The van der Waals surface area contributed by atoms with Crippen LogP contribution in [0.15, 0.2) is 30.3 Å². The fourth-order valence-electron chi connectivity index (χ4n) is 1.82. The first kappa shape index (κ1) is 16.2. The second-order valence-electron chi connectivity index (χ2n) is 4.52. The van der Waals surface area contributed by atoms with Crippen LogP contribution in [0.1, 0.15) is 30.6 Å². The van der Waals surface area contributed by atoms with Crippen molar-refractivity contribution in [2.24, 2.45) is 0 Å². The molecule has 0 spiro atoms. The van der Waals surface area contributed by atoms with Gasteiger partial charge < -0.3 is 14.7 Å². The molecule has 0 saturated carbocycles. The van der Waals surface area contributed by atoms with Crippen LogP contribution in [0.3, 0.4) is 0 Å². The second-order valence-corrected chi connectivity index (χ2v) is 4.52. The lowest BCUT2D eigenvalue weighted by molar-refractivity contribution is -0.143. The lowest BCUT2D eigenvalue weighted by atomic mass is 10.2. The van der Waals surface area contributed by atoms with Gasteiger partial charge in [0.1, 0.15) is 0 Å². The maximum Gasteiger partial charge on any atom is 0.307 e. The molecule has 1 atom stereocenters. The van der Waals surface area contributed by atoms with E-state index in [0.29, 0.717) is 12.2 Å². The number of hydrogen-bond acceptors (Lipinski definition) is 4. The van der Waals surface area contributed by atoms with E-state index in [1.165, 1.54) is 4.90 Å². The van der Waals surface area contributed by atoms with Crippen molar-refractivity contribution in [1.82, 2.24) is 4.90 Å². The molecule has 0 fully saturated rings. The summed E-state index contributed by atoms with van der Waals surface area (Å²) in [7, 11) is 0. The second kappa shape index (κ2) is 8.32. The summed E-state index contributed by atoms with van der Waals surface area (Å²) in [6.07, 6.45) is -0.524. The summed E-state index contributed by atoms with van der Waals surface area (Å²) in [5.41, 5.74) is 0.539. The molecule has 0 aromatic heterocycles. The van der Waals surface area contributed by atoms with Crippen LogP contribution in [0.4, 0.5) is 0 Å². The largest absolute Gasteiger partial charge is 0.466 e. The molecule has 1 N–H and O–H groups in total. The van der Waals surface area contributed by atoms with Crippen molar-refractivity contribution in [3.05, 3.63) is 35.9 Å². The predicted octanol–water partition coefficient (Wildman–Crippen LogP) is 1.46. The van der Waals surface area contributed by atoms with Gasteiger partial charge in [-0.05, 0) is 26.0 Å². The van der Waals surface area contributed by atoms with Gasteiger partial charge >= 0.3 is 5.97 Å². The van der Waals surface area contributed by atoms with Crippen LogP contribution in [0.5, 0.6) is 0 Å². The minimum Gasteiger partial charge on any atom is -0.466 e. The normalized spacial score (nSPS) is 11.8. The number of ether oxygens (including phenoxy) is 1. The number of esters is 1. The molecule has 0 radical (unpaired) electrons. The summed E-state index contributed by atoms with van der Waals surface area (Å²) in [6, 6.07) is 8.80. The molecule has 0 heterocycles. The third-order valence-electron chi connectivity index (χ3n) is 2.68. The van der Waals surface area contributed by atoms with E-state index in [2.05, 4.69) is 0 Å². The zero-order valence-corrected chi connectivity index (χ0v) is 11.9. The number of aliphatic hydroxyl groups excluding tert-OH is 1. The summed E-state index contributed by atoms with van der Waals surface area (Å²) in [4.78, 5) is 25.2. The van der Waals surface area contributed by atoms with E-state index in [9.17, 15) is 14.7 Å². The fraction of sp³-hybridized carbons (Fsp3) is 0.467. The van der Waals surface area contributed by atoms with Crippen molar-refractivity contribution >= 4 is 11.9 Å². The number of aliphatic hydroxyl groups is 1. The van der Waals surface area contributed by atoms with Crippen molar-refractivity contribution in [3.8, 4) is 0 Å². The summed E-state index contributed by atoms with van der Waals surface area (Å²) in [6.45, 7) is 4.09. The van der Waals surface area contributed by atoms with E-state index in [1.54, 1.807) is 38.1 Å². The van der Waals surface area contributed by atoms with Crippen molar-refractivity contribution in [2.75, 3.05) is 19.7 Å². The van der Waals surface area contributed by atoms with Crippen molar-refractivity contribution in [2.45, 2.75) is 26.4 Å². The summed E-state index contributed by atoms with van der Waals surface area (Å²) >= 11 is 0. The van der Waals surface area contributed by atoms with Gasteiger partial charge in [0.25, 0.3) is 5.91 Å². The van der Waals surface area contributed by atoms with Gasteiger partial charge in [0.15, 0.2) is 0 Å². The highest BCUT2D eigenvalue weighted by molar-refractivity contribution is 5.94. The number of carbonyl (C=O) groups is 2. The van der Waals surface area contributed by atoms with E-state index in [1.807, 2.05) is 6.07 Å². The van der Waals surface area contributed by atoms with Crippen LogP contribution in [0, 0.1) is 0 Å². The molecule has 0 aliphatic carbocycles. The van der Waals surface area contributed by atoms with Gasteiger partial charge in [-0.2, -0.15) is 0 Å². The van der Waals surface area contributed by atoms with Gasteiger partial charge in [0.2, 0.25) is 0 Å². The average Bonchev–Trinajstić information content (AvgIpc) is 2.43. The lowest BCUT2D eigenvalue weighted by Gasteiger charge is -2.23. The Hall–Kier alpha value is -1.88. The first-order valence-electron chi connectivity index (χ1n) is 6.72. The molecule has 1 aromatic carbocycles. The number of amides is 1. The predicted molar refractivity (Wildman–Crippen MR) is 75.3 cm³/mol. The zero-order chi connectivity index (χ0) is 15.0. The van der Waals surface area contributed by atoms with Gasteiger partial charge in [0.05, 0.1) is 19.1 Å². The maximum atomic E-state index is 12.3. The van der Waals surface area contributed by atoms with Gasteiger partial charge in [0, 0.05) is 18.7 Å². The summed E-state index contributed by atoms with van der Waals surface area (Å²) in [5, 5.41) is 9.48. The molecule has 1 amide bonds. The molecule has 1 aromatic rings. The van der Waals surface area contributed by atoms with Crippen LogP contribution in [0.25, 0.3) is 0 Å². The highest BCUT2D eigenvalue weighted by Gasteiger charge is 2.18. The number of benzene rings is 1. The third-order valence-corrected chi connectivity index (χ3v) is 2.68. The first-order chi connectivity index (χ1) is 9.54. The average molecular weight is 279 g/mol. The Bertz CT molecular complexity index is 431. The Morgan fingerprint density at radius 1 is 1.30 bits per heavy atom. The van der Waals surface area contributed by atoms with Crippen LogP contribution < -0.4 is 0 Å².